The normalized spacial score (nSPS) is 10.8. The summed E-state index contributed by atoms with van der Waals surface area (Å²) in [6.07, 6.45) is 0. The number of nitrogen functional groups attached to an aromatic ring is 1. The molecule has 0 amide bonds. The number of rotatable bonds is 5. The largest absolute Gasteiger partial charge is 0.308 e. The van der Waals surface area contributed by atoms with Crippen molar-refractivity contribution >= 4 is 29.2 Å². The van der Waals surface area contributed by atoms with Crippen LogP contribution in [0.3, 0.4) is 0 Å². The van der Waals surface area contributed by atoms with Crippen LogP contribution in [0.5, 0.6) is 0 Å². The molecule has 0 bridgehead atoms. The van der Waals surface area contributed by atoms with Crippen molar-refractivity contribution in [1.29, 1.82) is 0 Å². The van der Waals surface area contributed by atoms with Crippen molar-refractivity contribution in [2.75, 3.05) is 5.43 Å². The first-order valence-electron chi connectivity index (χ1n) is 6.31. The van der Waals surface area contributed by atoms with Gasteiger partial charge in [-0.2, -0.15) is 0 Å². The summed E-state index contributed by atoms with van der Waals surface area (Å²) in [4.78, 5) is 8.88. The topological polar surface area (TPSA) is 63.8 Å². The third kappa shape index (κ3) is 4.10. The van der Waals surface area contributed by atoms with Gasteiger partial charge in [-0.1, -0.05) is 37.6 Å². The number of hydrogen-bond donors (Lipinski definition) is 2. The lowest BCUT2D eigenvalue weighted by Gasteiger charge is -2.09. The Bertz CT molecular complexity index is 572. The molecule has 3 N–H and O–H groups in total. The monoisotopic (exact) mass is 308 g/mol. The van der Waals surface area contributed by atoms with Crippen LogP contribution in [0.4, 0.5) is 5.82 Å². The van der Waals surface area contributed by atoms with Crippen molar-refractivity contribution in [3.8, 4) is 0 Å². The van der Waals surface area contributed by atoms with E-state index in [1.807, 2.05) is 30.3 Å². The maximum Gasteiger partial charge on any atom is 0.144 e. The number of nitrogens with one attached hydrogen (secondary N) is 1. The second kappa shape index (κ2) is 6.92. The van der Waals surface area contributed by atoms with E-state index in [1.165, 1.54) is 5.56 Å². The average molecular weight is 309 g/mol. The van der Waals surface area contributed by atoms with Crippen LogP contribution >= 0.6 is 23.4 Å². The molecule has 0 saturated carbocycles. The van der Waals surface area contributed by atoms with Gasteiger partial charge in [0.25, 0.3) is 0 Å². The van der Waals surface area contributed by atoms with E-state index in [-0.39, 0.29) is 5.92 Å². The third-order valence-corrected chi connectivity index (χ3v) is 3.92. The molecule has 1 aromatic carbocycles. The van der Waals surface area contributed by atoms with Gasteiger partial charge >= 0.3 is 0 Å². The number of nitrogens with two attached hydrogens (primary N) is 1. The summed E-state index contributed by atoms with van der Waals surface area (Å²) in [5.41, 5.74) is 3.79. The van der Waals surface area contributed by atoms with E-state index in [0.717, 1.165) is 21.6 Å². The van der Waals surface area contributed by atoms with E-state index in [2.05, 4.69) is 29.2 Å². The SMILES string of the molecule is CC(C)c1nc(NN)cc(SCc2ccc(Cl)cc2)n1. The van der Waals surface area contributed by atoms with Crippen LogP contribution in [0.25, 0.3) is 0 Å². The van der Waals surface area contributed by atoms with Crippen molar-refractivity contribution in [1.82, 2.24) is 9.97 Å². The molecule has 4 nitrogen and oxygen atoms in total. The number of hydrogen-bond acceptors (Lipinski definition) is 5. The van der Waals surface area contributed by atoms with Gasteiger partial charge in [0.1, 0.15) is 16.7 Å². The number of nitrogens with zero attached hydrogens (tertiary/aromatic N) is 2. The Kier molecular flexibility index (Phi) is 5.23. The molecule has 0 atom stereocenters. The second-order valence-corrected chi connectivity index (χ2v) is 6.10. The van der Waals surface area contributed by atoms with E-state index in [9.17, 15) is 0 Å². The zero-order valence-electron chi connectivity index (χ0n) is 11.4. The fourth-order valence-electron chi connectivity index (χ4n) is 1.59. The summed E-state index contributed by atoms with van der Waals surface area (Å²) in [5.74, 6) is 7.97. The Balaban J connectivity index is 2.12. The van der Waals surface area contributed by atoms with Crippen LogP contribution in [-0.2, 0) is 5.75 Å². The second-order valence-electron chi connectivity index (χ2n) is 4.66. The fraction of sp³-hybridized carbons (Fsp3) is 0.286. The quantitative estimate of drug-likeness (QED) is 0.380. The number of hydrazine groups is 1. The summed E-state index contributed by atoms with van der Waals surface area (Å²) < 4.78 is 0. The molecule has 0 spiro atoms. The van der Waals surface area contributed by atoms with Gasteiger partial charge in [-0.15, -0.1) is 11.8 Å². The van der Waals surface area contributed by atoms with E-state index in [0.29, 0.717) is 5.82 Å². The highest BCUT2D eigenvalue weighted by molar-refractivity contribution is 7.98. The Labute approximate surface area is 128 Å². The highest BCUT2D eigenvalue weighted by Gasteiger charge is 2.08. The number of benzene rings is 1. The maximum absolute atomic E-state index is 5.87. The molecule has 2 rings (SSSR count). The van der Waals surface area contributed by atoms with Gasteiger partial charge in [0, 0.05) is 22.8 Å². The molecule has 106 valence electrons. The first kappa shape index (κ1) is 15.1. The summed E-state index contributed by atoms with van der Waals surface area (Å²) in [6.45, 7) is 4.12. The lowest BCUT2D eigenvalue weighted by molar-refractivity contribution is 0.754. The van der Waals surface area contributed by atoms with Crippen molar-refractivity contribution in [2.45, 2.75) is 30.5 Å². The number of anilines is 1. The van der Waals surface area contributed by atoms with Gasteiger partial charge in [0.05, 0.1) is 0 Å². The molecular formula is C14H17ClN4S. The highest BCUT2D eigenvalue weighted by Crippen LogP contribution is 2.25. The number of thioether (sulfide) groups is 1. The summed E-state index contributed by atoms with van der Waals surface area (Å²) in [7, 11) is 0. The van der Waals surface area contributed by atoms with Gasteiger partial charge in [0.15, 0.2) is 0 Å². The number of halogens is 1. The molecule has 0 aliphatic heterocycles. The van der Waals surface area contributed by atoms with Gasteiger partial charge in [-0.3, -0.25) is 0 Å². The average Bonchev–Trinajstić information content (AvgIpc) is 2.46. The maximum atomic E-state index is 5.87. The van der Waals surface area contributed by atoms with Crippen LogP contribution in [0.1, 0.15) is 31.2 Å². The molecule has 0 aliphatic rings. The van der Waals surface area contributed by atoms with Gasteiger partial charge in [-0.25, -0.2) is 15.8 Å². The smallest absolute Gasteiger partial charge is 0.144 e. The standard InChI is InChI=1S/C14H17ClN4S/c1-9(2)14-17-12(19-16)7-13(18-14)20-8-10-3-5-11(15)6-4-10/h3-7,9H,8,16H2,1-2H3,(H,17,18,19). The third-order valence-electron chi connectivity index (χ3n) is 2.68. The summed E-state index contributed by atoms with van der Waals surface area (Å²) in [6, 6.07) is 9.67. The van der Waals surface area contributed by atoms with E-state index >= 15 is 0 Å². The lowest BCUT2D eigenvalue weighted by atomic mass is 10.2. The molecule has 0 fully saturated rings. The van der Waals surface area contributed by atoms with Gasteiger partial charge in [-0.05, 0) is 17.7 Å². The molecule has 0 aliphatic carbocycles. The zero-order valence-corrected chi connectivity index (χ0v) is 13.0. The fourth-order valence-corrected chi connectivity index (χ4v) is 2.57. The van der Waals surface area contributed by atoms with Crippen LogP contribution in [-0.4, -0.2) is 9.97 Å². The van der Waals surface area contributed by atoms with Crippen molar-refractivity contribution < 1.29 is 0 Å². The minimum atomic E-state index is 0.262. The number of aromatic nitrogens is 2. The molecule has 6 heteroatoms. The predicted octanol–water partition coefficient (Wildman–Crippen LogP) is 3.83. The van der Waals surface area contributed by atoms with Crippen LogP contribution in [0, 0.1) is 0 Å². The Hall–Kier alpha value is -1.30. The zero-order chi connectivity index (χ0) is 14.5. The Morgan fingerprint density at radius 2 is 1.95 bits per heavy atom. The molecule has 0 unspecified atom stereocenters. The summed E-state index contributed by atoms with van der Waals surface area (Å²) in [5, 5.41) is 1.66. The van der Waals surface area contributed by atoms with E-state index in [4.69, 9.17) is 17.4 Å². The minimum absolute atomic E-state index is 0.262. The van der Waals surface area contributed by atoms with Crippen LogP contribution < -0.4 is 11.3 Å². The van der Waals surface area contributed by atoms with Crippen LogP contribution in [0.2, 0.25) is 5.02 Å². The first-order chi connectivity index (χ1) is 9.58. The molecule has 20 heavy (non-hydrogen) atoms. The Morgan fingerprint density at radius 3 is 2.55 bits per heavy atom. The minimum Gasteiger partial charge on any atom is -0.308 e. The molecule has 1 heterocycles. The molecule has 2 aromatic rings. The van der Waals surface area contributed by atoms with Crippen molar-refractivity contribution in [2.24, 2.45) is 5.84 Å². The van der Waals surface area contributed by atoms with Crippen LogP contribution in [0.15, 0.2) is 35.4 Å². The van der Waals surface area contributed by atoms with E-state index in [1.54, 1.807) is 11.8 Å². The molecular weight excluding hydrogens is 292 g/mol. The predicted molar refractivity (Wildman–Crippen MR) is 84.9 cm³/mol. The molecule has 0 saturated heterocycles. The van der Waals surface area contributed by atoms with Crippen molar-refractivity contribution in [3.63, 3.8) is 0 Å². The van der Waals surface area contributed by atoms with E-state index < -0.39 is 0 Å². The van der Waals surface area contributed by atoms with Crippen molar-refractivity contribution in [3.05, 3.63) is 46.7 Å². The first-order valence-corrected chi connectivity index (χ1v) is 7.67. The Morgan fingerprint density at radius 1 is 1.25 bits per heavy atom. The molecule has 1 aromatic heterocycles. The van der Waals surface area contributed by atoms with Gasteiger partial charge < -0.3 is 5.43 Å². The highest BCUT2D eigenvalue weighted by atomic mass is 35.5. The molecule has 0 radical (unpaired) electrons. The lowest BCUT2D eigenvalue weighted by Crippen LogP contribution is -2.11. The summed E-state index contributed by atoms with van der Waals surface area (Å²) >= 11 is 7.53. The van der Waals surface area contributed by atoms with Gasteiger partial charge in [0.2, 0.25) is 0 Å².